The number of rotatable bonds is 9. The molecule has 0 fully saturated rings. The van der Waals surface area contributed by atoms with Gasteiger partial charge in [0.25, 0.3) is 0 Å². The number of benzene rings is 1. The van der Waals surface area contributed by atoms with E-state index in [1.807, 2.05) is 13.8 Å². The summed E-state index contributed by atoms with van der Waals surface area (Å²) in [5.74, 6) is 0.692. The molecule has 1 aromatic heterocycles. The number of nitrogens with zero attached hydrogens (tertiary/aromatic N) is 1. The highest BCUT2D eigenvalue weighted by Crippen LogP contribution is 2.60. The minimum absolute atomic E-state index is 0.0193. The van der Waals surface area contributed by atoms with Crippen LogP contribution < -0.4 is 9.26 Å². The van der Waals surface area contributed by atoms with Crippen LogP contribution in [0.4, 0.5) is 0 Å². The Morgan fingerprint density at radius 2 is 2.04 bits per heavy atom. The molecule has 0 aliphatic heterocycles. The lowest BCUT2D eigenvalue weighted by Crippen LogP contribution is -2.02. The summed E-state index contributed by atoms with van der Waals surface area (Å²) >= 11 is 0. The predicted octanol–water partition coefficient (Wildman–Crippen LogP) is 5.25. The first-order chi connectivity index (χ1) is 12.5. The Bertz CT molecular complexity index is 792. The number of hydrogen-bond donors (Lipinski definition) is 1. The van der Waals surface area contributed by atoms with Crippen molar-refractivity contribution in [2.75, 3.05) is 13.2 Å². The third kappa shape index (κ3) is 4.87. The highest BCUT2D eigenvalue weighted by Gasteiger charge is 2.33. The third-order valence-electron chi connectivity index (χ3n) is 3.41. The van der Waals surface area contributed by atoms with Crippen LogP contribution in [0.5, 0.6) is 17.2 Å². The lowest BCUT2D eigenvalue weighted by atomic mass is 10.1. The van der Waals surface area contributed by atoms with Gasteiger partial charge in [-0.2, -0.15) is 0 Å². The summed E-state index contributed by atoms with van der Waals surface area (Å²) < 4.78 is 30.3. The summed E-state index contributed by atoms with van der Waals surface area (Å²) in [4.78, 5) is 3.98. The van der Waals surface area contributed by atoms with E-state index >= 15 is 0 Å². The molecule has 1 unspecified atom stereocenters. The molecule has 1 aromatic carbocycles. The standard InChI is InChI=1S/C19H24NO5P/c1-4-8-19(15-10-11-17(21)18(13-15)23-5-2)26(22,24-6-3)25-16-9-7-12-20-14-16/h7-14,21H,4-6H2,1-3H3/b19-8+. The Morgan fingerprint density at radius 1 is 1.23 bits per heavy atom. The molecule has 7 heteroatoms. The zero-order chi connectivity index (χ0) is 19.0. The van der Waals surface area contributed by atoms with Crippen LogP contribution in [0.15, 0.2) is 48.8 Å². The SMILES string of the molecule is CC/C=C(\c1ccc(O)c(OCC)c1)P(=O)(OCC)Oc1cccnc1. The summed E-state index contributed by atoms with van der Waals surface area (Å²) in [7, 11) is -3.66. The van der Waals surface area contributed by atoms with Crippen LogP contribution in [0, 0.1) is 0 Å². The van der Waals surface area contributed by atoms with E-state index in [9.17, 15) is 9.67 Å². The maximum Gasteiger partial charge on any atom is 0.411 e. The lowest BCUT2D eigenvalue weighted by Gasteiger charge is -2.22. The molecule has 0 aliphatic carbocycles. The van der Waals surface area contributed by atoms with Crippen LogP contribution in [0.2, 0.25) is 0 Å². The molecule has 0 radical (unpaired) electrons. The second-order valence-electron chi connectivity index (χ2n) is 5.31. The van der Waals surface area contributed by atoms with Gasteiger partial charge in [0.1, 0.15) is 5.75 Å². The normalized spacial score (nSPS) is 13.9. The fourth-order valence-corrected chi connectivity index (χ4v) is 4.26. The van der Waals surface area contributed by atoms with E-state index in [0.717, 1.165) is 0 Å². The summed E-state index contributed by atoms with van der Waals surface area (Å²) in [5.41, 5.74) is 0.605. The largest absolute Gasteiger partial charge is 0.504 e. The number of aromatic nitrogens is 1. The van der Waals surface area contributed by atoms with Gasteiger partial charge < -0.3 is 14.4 Å². The lowest BCUT2D eigenvalue weighted by molar-refractivity contribution is 0.289. The molecule has 0 spiro atoms. The Balaban J connectivity index is 2.49. The molecule has 2 aromatic rings. The molecular formula is C19H24NO5P. The van der Waals surface area contributed by atoms with Crippen LogP contribution in [0.3, 0.4) is 0 Å². The Labute approximate surface area is 154 Å². The molecule has 1 N–H and O–H groups in total. The van der Waals surface area contributed by atoms with Crippen LogP contribution in [-0.4, -0.2) is 23.3 Å². The quantitative estimate of drug-likeness (QED) is 0.602. The second-order valence-corrected chi connectivity index (χ2v) is 7.23. The van der Waals surface area contributed by atoms with E-state index in [0.29, 0.717) is 35.4 Å². The summed E-state index contributed by atoms with van der Waals surface area (Å²) in [6, 6.07) is 8.17. The highest BCUT2D eigenvalue weighted by atomic mass is 31.2. The zero-order valence-electron chi connectivity index (χ0n) is 15.2. The molecule has 0 saturated heterocycles. The maximum atomic E-state index is 13.6. The van der Waals surface area contributed by atoms with Crippen LogP contribution in [0.25, 0.3) is 5.31 Å². The van der Waals surface area contributed by atoms with E-state index in [1.165, 1.54) is 12.3 Å². The van der Waals surface area contributed by atoms with Crippen molar-refractivity contribution >= 4 is 12.9 Å². The molecule has 1 heterocycles. The fraction of sp³-hybridized carbons (Fsp3) is 0.316. The molecule has 6 nitrogen and oxygen atoms in total. The monoisotopic (exact) mass is 377 g/mol. The maximum absolute atomic E-state index is 13.6. The molecule has 0 amide bonds. The molecule has 1 atom stereocenters. The van der Waals surface area contributed by atoms with Gasteiger partial charge in [-0.25, -0.2) is 4.57 Å². The molecule has 26 heavy (non-hydrogen) atoms. The van der Waals surface area contributed by atoms with Gasteiger partial charge in [0.05, 0.1) is 24.7 Å². The van der Waals surface area contributed by atoms with Gasteiger partial charge in [0.2, 0.25) is 0 Å². The molecule has 140 valence electrons. The van der Waals surface area contributed by atoms with E-state index in [-0.39, 0.29) is 12.4 Å². The minimum Gasteiger partial charge on any atom is -0.504 e. The number of hydrogen-bond acceptors (Lipinski definition) is 6. The topological polar surface area (TPSA) is 77.9 Å². The van der Waals surface area contributed by atoms with Crippen molar-refractivity contribution in [1.82, 2.24) is 4.98 Å². The number of allylic oxidation sites excluding steroid dienone is 1. The van der Waals surface area contributed by atoms with E-state index < -0.39 is 7.60 Å². The van der Waals surface area contributed by atoms with E-state index in [4.69, 9.17) is 13.8 Å². The van der Waals surface area contributed by atoms with Gasteiger partial charge in [-0.3, -0.25) is 9.51 Å². The molecule has 0 aliphatic rings. The minimum atomic E-state index is -3.66. The number of phenolic OH excluding ortho intramolecular Hbond substituents is 1. The van der Waals surface area contributed by atoms with Crippen molar-refractivity contribution in [3.8, 4) is 17.2 Å². The van der Waals surface area contributed by atoms with Crippen molar-refractivity contribution in [3.05, 3.63) is 54.4 Å². The molecular weight excluding hydrogens is 353 g/mol. The smallest absolute Gasteiger partial charge is 0.411 e. The predicted molar refractivity (Wildman–Crippen MR) is 102 cm³/mol. The second kappa shape index (κ2) is 9.41. The Hall–Kier alpha value is -2.30. The zero-order valence-corrected chi connectivity index (χ0v) is 16.1. The molecule has 0 saturated carbocycles. The summed E-state index contributed by atoms with van der Waals surface area (Å²) in [6.45, 7) is 6.13. The molecule has 2 rings (SSSR count). The first kappa shape index (κ1) is 20.0. The Kier molecular flexibility index (Phi) is 7.25. The number of ether oxygens (including phenoxy) is 1. The van der Waals surface area contributed by atoms with Crippen molar-refractivity contribution < 1.29 is 23.5 Å². The number of pyridine rings is 1. The first-order valence-corrected chi connectivity index (χ1v) is 10.1. The first-order valence-electron chi connectivity index (χ1n) is 8.55. The molecule has 0 bridgehead atoms. The average molecular weight is 377 g/mol. The van der Waals surface area contributed by atoms with Crippen molar-refractivity contribution in [1.29, 1.82) is 0 Å². The van der Waals surface area contributed by atoms with Crippen molar-refractivity contribution in [3.63, 3.8) is 0 Å². The van der Waals surface area contributed by atoms with Gasteiger partial charge in [-0.1, -0.05) is 19.1 Å². The van der Waals surface area contributed by atoms with Crippen LogP contribution >= 0.6 is 7.60 Å². The number of aromatic hydroxyl groups is 1. The summed E-state index contributed by atoms with van der Waals surface area (Å²) in [5, 5.41) is 10.4. The van der Waals surface area contributed by atoms with Gasteiger partial charge in [0.15, 0.2) is 11.5 Å². The fourth-order valence-electron chi connectivity index (χ4n) is 2.38. The van der Waals surface area contributed by atoms with E-state index in [1.54, 1.807) is 43.5 Å². The van der Waals surface area contributed by atoms with Gasteiger partial charge in [-0.15, -0.1) is 0 Å². The van der Waals surface area contributed by atoms with Crippen LogP contribution in [-0.2, 0) is 9.09 Å². The van der Waals surface area contributed by atoms with Crippen molar-refractivity contribution in [2.24, 2.45) is 0 Å². The Morgan fingerprint density at radius 3 is 2.65 bits per heavy atom. The number of phenols is 1. The van der Waals surface area contributed by atoms with Crippen molar-refractivity contribution in [2.45, 2.75) is 27.2 Å². The highest BCUT2D eigenvalue weighted by molar-refractivity contribution is 7.65. The van der Waals surface area contributed by atoms with Gasteiger partial charge in [-0.05, 0) is 50.1 Å². The third-order valence-corrected chi connectivity index (χ3v) is 5.49. The van der Waals surface area contributed by atoms with E-state index in [2.05, 4.69) is 4.98 Å². The summed E-state index contributed by atoms with van der Waals surface area (Å²) in [6.07, 6.45) is 5.52. The van der Waals surface area contributed by atoms with Crippen LogP contribution in [0.1, 0.15) is 32.8 Å². The van der Waals surface area contributed by atoms with Gasteiger partial charge >= 0.3 is 7.60 Å². The van der Waals surface area contributed by atoms with Gasteiger partial charge in [0, 0.05) is 6.20 Å². The average Bonchev–Trinajstić information content (AvgIpc) is 2.63.